The van der Waals surface area contributed by atoms with Crippen molar-refractivity contribution in [1.29, 1.82) is 0 Å². The van der Waals surface area contributed by atoms with Crippen LogP contribution in [0.1, 0.15) is 45.2 Å². The minimum atomic E-state index is -0.536. The van der Waals surface area contributed by atoms with Gasteiger partial charge in [-0.05, 0) is 58.6 Å². The third-order valence-electron chi connectivity index (χ3n) is 7.53. The van der Waals surface area contributed by atoms with Crippen LogP contribution in [-0.4, -0.2) is 58.6 Å². The summed E-state index contributed by atoms with van der Waals surface area (Å²) < 4.78 is 9.04. The molecule has 3 aromatic heterocycles. The molecule has 0 spiro atoms. The number of carbonyl (C=O) groups is 1. The molecule has 1 aliphatic carbocycles. The number of phenols is 1. The molecule has 0 unspecified atom stereocenters. The number of hydrogen-bond donors (Lipinski definition) is 1. The Morgan fingerprint density at radius 1 is 1.24 bits per heavy atom. The first kappa shape index (κ1) is 23.4. The van der Waals surface area contributed by atoms with Gasteiger partial charge in [0.2, 0.25) is 0 Å². The minimum absolute atomic E-state index is 0.0138. The Kier molecular flexibility index (Phi) is 5.09. The van der Waals surface area contributed by atoms with Crippen molar-refractivity contribution < 1.29 is 14.6 Å². The van der Waals surface area contributed by atoms with Gasteiger partial charge in [0.15, 0.2) is 5.82 Å². The molecule has 4 heterocycles. The number of amides is 1. The number of nitrogens with zero attached hydrogens (tertiary/aromatic N) is 6. The highest BCUT2D eigenvalue weighted by Gasteiger charge is 2.48. The molecule has 192 valence electrons. The number of aromatic nitrogens is 5. The van der Waals surface area contributed by atoms with Crippen LogP contribution in [0.15, 0.2) is 35.5 Å². The first-order valence-electron chi connectivity index (χ1n) is 12.5. The smallest absolute Gasteiger partial charge is 0.410 e. The predicted molar refractivity (Wildman–Crippen MR) is 138 cm³/mol. The lowest BCUT2D eigenvalue weighted by molar-refractivity contribution is 0.0165. The van der Waals surface area contributed by atoms with Gasteiger partial charge in [-0.25, -0.2) is 14.8 Å². The lowest BCUT2D eigenvalue weighted by Crippen LogP contribution is -2.44. The fraction of sp³-hybridized carbons (Fsp3) is 0.444. The maximum absolute atomic E-state index is 13.5. The van der Waals surface area contributed by atoms with Gasteiger partial charge in [0.1, 0.15) is 11.4 Å². The summed E-state index contributed by atoms with van der Waals surface area (Å²) in [5, 5.41) is 16.5. The first-order valence-corrected chi connectivity index (χ1v) is 12.5. The Labute approximate surface area is 213 Å². The molecular formula is C27H30N6O4. The Morgan fingerprint density at radius 3 is 2.73 bits per heavy atom. The third kappa shape index (κ3) is 3.82. The summed E-state index contributed by atoms with van der Waals surface area (Å²) in [6.45, 7) is 7.99. The summed E-state index contributed by atoms with van der Waals surface area (Å²) in [5.41, 5.74) is 1.72. The van der Waals surface area contributed by atoms with Gasteiger partial charge < -0.3 is 19.3 Å². The maximum Gasteiger partial charge on any atom is 0.410 e. The number of aromatic hydroxyl groups is 1. The van der Waals surface area contributed by atoms with Gasteiger partial charge in [-0.1, -0.05) is 0 Å². The molecule has 2 fully saturated rings. The zero-order valence-electron chi connectivity index (χ0n) is 21.6. The van der Waals surface area contributed by atoms with E-state index in [1.54, 1.807) is 26.5 Å². The van der Waals surface area contributed by atoms with Crippen LogP contribution in [0.4, 0.5) is 4.79 Å². The van der Waals surface area contributed by atoms with Crippen LogP contribution >= 0.6 is 0 Å². The van der Waals surface area contributed by atoms with E-state index < -0.39 is 5.60 Å². The molecule has 1 N–H and O–H groups in total. The second-order valence-corrected chi connectivity index (χ2v) is 11.2. The largest absolute Gasteiger partial charge is 0.507 e. The van der Waals surface area contributed by atoms with E-state index >= 15 is 0 Å². The summed E-state index contributed by atoms with van der Waals surface area (Å²) in [6.07, 6.45) is 6.50. The van der Waals surface area contributed by atoms with E-state index in [0.29, 0.717) is 40.8 Å². The highest BCUT2D eigenvalue weighted by atomic mass is 16.6. The number of fused-ring (bicyclic) bond motifs is 4. The number of likely N-dealkylation sites (tertiary alicyclic amines) is 1. The molecular weight excluding hydrogens is 472 g/mol. The number of rotatable bonds is 2. The molecule has 2 aliphatic rings. The maximum atomic E-state index is 13.5. The lowest BCUT2D eigenvalue weighted by atomic mass is 10.0. The minimum Gasteiger partial charge on any atom is -0.507 e. The van der Waals surface area contributed by atoms with Crippen LogP contribution < -0.4 is 5.56 Å². The molecule has 37 heavy (non-hydrogen) atoms. The van der Waals surface area contributed by atoms with Crippen LogP contribution in [0.2, 0.25) is 0 Å². The van der Waals surface area contributed by atoms with Crippen molar-refractivity contribution in [3.05, 3.63) is 46.6 Å². The third-order valence-corrected chi connectivity index (χ3v) is 7.53. The van der Waals surface area contributed by atoms with E-state index in [1.807, 2.05) is 53.1 Å². The van der Waals surface area contributed by atoms with Gasteiger partial charge in [-0.2, -0.15) is 5.10 Å². The van der Waals surface area contributed by atoms with Crippen LogP contribution in [0.25, 0.3) is 33.2 Å². The van der Waals surface area contributed by atoms with Crippen molar-refractivity contribution >= 4 is 27.9 Å². The highest BCUT2D eigenvalue weighted by molar-refractivity contribution is 5.90. The predicted octanol–water partition coefficient (Wildman–Crippen LogP) is 3.93. The monoisotopic (exact) mass is 502 g/mol. The van der Waals surface area contributed by atoms with E-state index in [4.69, 9.17) is 4.74 Å². The molecule has 0 radical (unpaired) electrons. The van der Waals surface area contributed by atoms with Crippen molar-refractivity contribution in [3.63, 3.8) is 0 Å². The van der Waals surface area contributed by atoms with Crippen LogP contribution in [-0.2, 0) is 11.8 Å². The van der Waals surface area contributed by atoms with Crippen LogP contribution in [0.5, 0.6) is 5.75 Å². The van der Waals surface area contributed by atoms with Crippen molar-refractivity contribution in [1.82, 2.24) is 29.2 Å². The first-order chi connectivity index (χ1) is 17.5. The number of hydrogen-bond acceptors (Lipinski definition) is 7. The van der Waals surface area contributed by atoms with Crippen LogP contribution in [0.3, 0.4) is 0 Å². The molecule has 6 rings (SSSR count). The fourth-order valence-corrected chi connectivity index (χ4v) is 5.86. The van der Waals surface area contributed by atoms with Gasteiger partial charge in [-0.15, -0.1) is 0 Å². The fourth-order valence-electron chi connectivity index (χ4n) is 5.86. The van der Waals surface area contributed by atoms with E-state index in [0.717, 1.165) is 17.3 Å². The lowest BCUT2D eigenvalue weighted by Gasteiger charge is -2.33. The van der Waals surface area contributed by atoms with E-state index in [9.17, 15) is 14.7 Å². The van der Waals surface area contributed by atoms with Crippen molar-refractivity contribution in [3.8, 4) is 17.1 Å². The zero-order valence-corrected chi connectivity index (χ0v) is 21.6. The number of phenolic OH excluding ortho intramolecular Hbond substituents is 1. The van der Waals surface area contributed by atoms with Crippen molar-refractivity contribution in [2.24, 2.45) is 13.0 Å². The molecule has 4 aromatic rings. The highest BCUT2D eigenvalue weighted by Crippen LogP contribution is 2.45. The summed E-state index contributed by atoms with van der Waals surface area (Å²) >= 11 is 0. The number of piperidine rings is 1. The Bertz CT molecular complexity index is 1630. The van der Waals surface area contributed by atoms with E-state index in [1.165, 1.54) is 0 Å². The van der Waals surface area contributed by atoms with Gasteiger partial charge >= 0.3 is 6.09 Å². The molecule has 1 aromatic carbocycles. The number of carbonyl (C=O) groups excluding carboxylic acids is 1. The number of aryl methyl sites for hydroxylation is 2. The van der Waals surface area contributed by atoms with E-state index in [-0.39, 0.29) is 35.4 Å². The molecule has 1 aliphatic heterocycles. The van der Waals surface area contributed by atoms with Gasteiger partial charge in [0, 0.05) is 55.2 Å². The molecule has 1 saturated heterocycles. The molecule has 1 saturated carbocycles. The van der Waals surface area contributed by atoms with Crippen molar-refractivity contribution in [2.45, 2.75) is 58.2 Å². The van der Waals surface area contributed by atoms with Gasteiger partial charge in [0.25, 0.3) is 5.56 Å². The summed E-state index contributed by atoms with van der Waals surface area (Å²) in [7, 11) is 1.83. The molecule has 3 atom stereocenters. The normalized spacial score (nSPS) is 21.3. The SMILES string of the molecule is Cc1c(O)c(-c2ncc3c(=O)n([C@@H]4C[C@H]5C[C@@H]4CN5C(=O)OC(C)(C)C)ccc3n2)cc2cn(C)nc12. The molecule has 2 bridgehead atoms. The van der Waals surface area contributed by atoms with Crippen LogP contribution in [0, 0.1) is 12.8 Å². The van der Waals surface area contributed by atoms with Gasteiger partial charge in [-0.3, -0.25) is 9.48 Å². The van der Waals surface area contributed by atoms with Gasteiger partial charge in [0.05, 0.1) is 22.0 Å². The summed E-state index contributed by atoms with van der Waals surface area (Å²) in [6, 6.07) is 3.73. The second-order valence-electron chi connectivity index (χ2n) is 11.2. The molecule has 1 amide bonds. The summed E-state index contributed by atoms with van der Waals surface area (Å²) in [4.78, 5) is 36.9. The molecule has 10 heteroatoms. The number of ether oxygens (including phenoxy) is 1. The Morgan fingerprint density at radius 2 is 2.03 bits per heavy atom. The number of benzene rings is 1. The molecule has 10 nitrogen and oxygen atoms in total. The van der Waals surface area contributed by atoms with Crippen molar-refractivity contribution in [2.75, 3.05) is 6.54 Å². The average Bonchev–Trinajstić information content (AvgIpc) is 3.54. The second kappa shape index (κ2) is 8.03. The number of pyridine rings is 1. The quantitative estimate of drug-likeness (QED) is 0.442. The standard InChI is InChI=1S/C27H30N6O4/c1-14-22-16(12-31(5)30-22)9-18(23(14)34)24-28-11-19-20(29-24)6-7-32(25(19)35)21-10-17-8-15(21)13-33(17)26(36)37-27(2,3)4/h6-7,9,11-12,15,17,21,34H,8,10,13H2,1-5H3/t15-,17-,21-/m1/s1. The summed E-state index contributed by atoms with van der Waals surface area (Å²) in [5.74, 6) is 0.623. The Hall–Kier alpha value is -3.95. The zero-order chi connectivity index (χ0) is 26.2. The average molecular weight is 503 g/mol. The Balaban J connectivity index is 1.30. The van der Waals surface area contributed by atoms with E-state index in [2.05, 4.69) is 15.1 Å². The topological polar surface area (TPSA) is 115 Å².